The molecule has 2 rings (SSSR count). The van der Waals surface area contributed by atoms with Gasteiger partial charge in [-0.3, -0.25) is 0 Å². The van der Waals surface area contributed by atoms with Gasteiger partial charge >= 0.3 is 0 Å². The molecule has 1 aliphatic heterocycles. The van der Waals surface area contributed by atoms with Crippen LogP contribution in [0.3, 0.4) is 0 Å². The molecule has 3 nitrogen and oxygen atoms in total. The summed E-state index contributed by atoms with van der Waals surface area (Å²) in [5.41, 5.74) is 0.329. The third-order valence-electron chi connectivity index (χ3n) is 4.42. The van der Waals surface area contributed by atoms with E-state index in [0.717, 1.165) is 19.5 Å². The zero-order valence-corrected chi connectivity index (χ0v) is 10.2. The van der Waals surface area contributed by atoms with Crippen molar-refractivity contribution in [3.05, 3.63) is 11.6 Å². The van der Waals surface area contributed by atoms with Gasteiger partial charge in [0, 0.05) is 12.0 Å². The molecule has 0 aromatic heterocycles. The average molecular weight is 220 g/mol. The smallest absolute Gasteiger partial charge is 0.0971 e. The number of aliphatic hydroxyl groups excluding tert-OH is 1. The quantitative estimate of drug-likeness (QED) is 0.649. The minimum Gasteiger partial charge on any atom is -0.387 e. The number of rotatable bonds is 0. The van der Waals surface area contributed by atoms with Gasteiger partial charge in [0.2, 0.25) is 0 Å². The maximum absolute atomic E-state index is 10.2. The highest BCUT2D eigenvalue weighted by molar-refractivity contribution is 5.34. The molecule has 2 aliphatic rings. The van der Waals surface area contributed by atoms with Crippen molar-refractivity contribution in [3.63, 3.8) is 0 Å². The SMILES string of the molecule is CC12C=C(C#N)C(O)C(C)(C)[C@@H]1CCNC2. The lowest BCUT2D eigenvalue weighted by molar-refractivity contribution is -0.0379. The molecule has 0 bridgehead atoms. The van der Waals surface area contributed by atoms with Gasteiger partial charge in [-0.25, -0.2) is 0 Å². The lowest BCUT2D eigenvalue weighted by atomic mass is 9.54. The number of nitrogens with zero attached hydrogens (tertiary/aromatic N) is 1. The lowest BCUT2D eigenvalue weighted by Gasteiger charge is -2.53. The first-order valence-electron chi connectivity index (χ1n) is 5.93. The van der Waals surface area contributed by atoms with Gasteiger partial charge in [-0.2, -0.15) is 5.26 Å². The monoisotopic (exact) mass is 220 g/mol. The molecule has 1 fully saturated rings. The number of nitriles is 1. The van der Waals surface area contributed by atoms with Crippen LogP contribution >= 0.6 is 0 Å². The van der Waals surface area contributed by atoms with E-state index in [1.165, 1.54) is 0 Å². The van der Waals surface area contributed by atoms with Crippen LogP contribution in [-0.4, -0.2) is 24.3 Å². The Morgan fingerprint density at radius 3 is 2.81 bits per heavy atom. The van der Waals surface area contributed by atoms with Crippen molar-refractivity contribution < 1.29 is 5.11 Å². The molecule has 1 heterocycles. The van der Waals surface area contributed by atoms with Crippen molar-refractivity contribution in [1.82, 2.24) is 5.32 Å². The van der Waals surface area contributed by atoms with Crippen molar-refractivity contribution in [2.45, 2.75) is 33.3 Å². The predicted octanol–water partition coefficient (Wildman–Crippen LogP) is 1.45. The van der Waals surface area contributed by atoms with Crippen LogP contribution in [-0.2, 0) is 0 Å². The highest BCUT2D eigenvalue weighted by Crippen LogP contribution is 2.52. The second kappa shape index (κ2) is 3.58. The zero-order chi connectivity index (χ0) is 12.0. The molecule has 16 heavy (non-hydrogen) atoms. The van der Waals surface area contributed by atoms with Crippen molar-refractivity contribution in [1.29, 1.82) is 5.26 Å². The number of hydrogen-bond acceptors (Lipinski definition) is 3. The highest BCUT2D eigenvalue weighted by Gasteiger charge is 2.51. The van der Waals surface area contributed by atoms with E-state index < -0.39 is 6.10 Å². The van der Waals surface area contributed by atoms with E-state index >= 15 is 0 Å². The van der Waals surface area contributed by atoms with Gasteiger partial charge in [0.25, 0.3) is 0 Å². The number of fused-ring (bicyclic) bond motifs is 1. The summed E-state index contributed by atoms with van der Waals surface area (Å²) in [5, 5.41) is 22.7. The molecule has 0 saturated carbocycles. The molecule has 0 amide bonds. The maximum Gasteiger partial charge on any atom is 0.0971 e. The molecule has 0 radical (unpaired) electrons. The Labute approximate surface area is 97.2 Å². The third-order valence-corrected chi connectivity index (χ3v) is 4.42. The number of aliphatic hydroxyl groups is 1. The summed E-state index contributed by atoms with van der Waals surface area (Å²) >= 11 is 0. The van der Waals surface area contributed by atoms with Crippen LogP contribution < -0.4 is 5.32 Å². The van der Waals surface area contributed by atoms with E-state index in [9.17, 15) is 5.11 Å². The Bertz CT molecular complexity index is 367. The third kappa shape index (κ3) is 1.49. The Hall–Kier alpha value is -0.850. The highest BCUT2D eigenvalue weighted by atomic mass is 16.3. The number of piperidine rings is 1. The second-order valence-electron chi connectivity index (χ2n) is 5.96. The van der Waals surface area contributed by atoms with Crippen LogP contribution in [0.25, 0.3) is 0 Å². The van der Waals surface area contributed by atoms with E-state index in [2.05, 4.69) is 32.2 Å². The van der Waals surface area contributed by atoms with Crippen LogP contribution in [0, 0.1) is 28.1 Å². The molecule has 2 unspecified atom stereocenters. The van der Waals surface area contributed by atoms with Crippen molar-refractivity contribution in [2.75, 3.05) is 13.1 Å². The van der Waals surface area contributed by atoms with Crippen LogP contribution in [0.15, 0.2) is 11.6 Å². The van der Waals surface area contributed by atoms with E-state index in [-0.39, 0.29) is 10.8 Å². The summed E-state index contributed by atoms with van der Waals surface area (Å²) in [5.74, 6) is 0.438. The molecule has 0 aromatic carbocycles. The fraction of sp³-hybridized carbons (Fsp3) is 0.769. The summed E-state index contributed by atoms with van der Waals surface area (Å²) in [7, 11) is 0. The fourth-order valence-electron chi connectivity index (χ4n) is 3.55. The van der Waals surface area contributed by atoms with E-state index in [0.29, 0.717) is 11.5 Å². The summed E-state index contributed by atoms with van der Waals surface area (Å²) in [6, 6.07) is 2.15. The Morgan fingerprint density at radius 2 is 2.19 bits per heavy atom. The van der Waals surface area contributed by atoms with E-state index in [1.54, 1.807) is 0 Å². The van der Waals surface area contributed by atoms with Gasteiger partial charge in [0.15, 0.2) is 0 Å². The Morgan fingerprint density at radius 1 is 1.50 bits per heavy atom. The van der Waals surface area contributed by atoms with Crippen LogP contribution in [0.5, 0.6) is 0 Å². The molecule has 1 aliphatic carbocycles. The topological polar surface area (TPSA) is 56.0 Å². The van der Waals surface area contributed by atoms with Crippen molar-refractivity contribution in [2.24, 2.45) is 16.7 Å². The van der Waals surface area contributed by atoms with Gasteiger partial charge in [0.05, 0.1) is 17.7 Å². The van der Waals surface area contributed by atoms with Gasteiger partial charge in [-0.15, -0.1) is 0 Å². The van der Waals surface area contributed by atoms with Crippen LogP contribution in [0.1, 0.15) is 27.2 Å². The maximum atomic E-state index is 10.2. The van der Waals surface area contributed by atoms with E-state index in [1.807, 2.05) is 6.08 Å². The average Bonchev–Trinajstić information content (AvgIpc) is 2.24. The largest absolute Gasteiger partial charge is 0.387 e. The molecule has 3 heteroatoms. The predicted molar refractivity (Wildman–Crippen MR) is 62.6 cm³/mol. The van der Waals surface area contributed by atoms with Crippen molar-refractivity contribution >= 4 is 0 Å². The summed E-state index contributed by atoms with van der Waals surface area (Å²) in [4.78, 5) is 0. The second-order valence-corrected chi connectivity index (χ2v) is 5.96. The summed E-state index contributed by atoms with van der Waals surface area (Å²) in [6.45, 7) is 8.26. The van der Waals surface area contributed by atoms with Crippen LogP contribution in [0.4, 0.5) is 0 Å². The Kier molecular flexibility index (Phi) is 2.60. The first kappa shape index (κ1) is 11.6. The van der Waals surface area contributed by atoms with Gasteiger partial charge in [-0.05, 0) is 24.3 Å². The fourth-order valence-corrected chi connectivity index (χ4v) is 3.55. The lowest BCUT2D eigenvalue weighted by Crippen LogP contribution is -2.55. The number of nitrogens with one attached hydrogen (secondary N) is 1. The number of hydrogen-bond donors (Lipinski definition) is 2. The van der Waals surface area contributed by atoms with Gasteiger partial charge in [-0.1, -0.05) is 26.8 Å². The van der Waals surface area contributed by atoms with Crippen molar-refractivity contribution in [3.8, 4) is 6.07 Å². The minimum atomic E-state index is -0.617. The van der Waals surface area contributed by atoms with E-state index in [4.69, 9.17) is 5.26 Å². The Balaban J connectivity index is 2.48. The molecular formula is C13H20N2O. The molecule has 1 saturated heterocycles. The molecule has 0 aromatic rings. The first-order valence-corrected chi connectivity index (χ1v) is 5.93. The molecule has 2 N–H and O–H groups in total. The first-order chi connectivity index (χ1) is 7.42. The minimum absolute atomic E-state index is 0.00600. The van der Waals surface area contributed by atoms with Crippen LogP contribution in [0.2, 0.25) is 0 Å². The zero-order valence-electron chi connectivity index (χ0n) is 10.2. The van der Waals surface area contributed by atoms with Gasteiger partial charge in [0.1, 0.15) is 0 Å². The summed E-state index contributed by atoms with van der Waals surface area (Å²) in [6.07, 6.45) is 2.43. The molecule has 0 spiro atoms. The standard InChI is InChI=1S/C13H20N2O/c1-12(2)10-4-5-15-8-13(10,3)6-9(7-14)11(12)16/h6,10-11,15-16H,4-5,8H2,1-3H3/t10-,11?,13?/m0/s1. The molecular weight excluding hydrogens is 200 g/mol. The molecule has 3 atom stereocenters. The normalized spacial score (nSPS) is 41.8. The summed E-state index contributed by atoms with van der Waals surface area (Å²) < 4.78 is 0. The molecule has 88 valence electrons. The van der Waals surface area contributed by atoms with Gasteiger partial charge < -0.3 is 10.4 Å².